The number of carbonyl (C=O) groups excluding carboxylic acids is 1. The van der Waals surface area contributed by atoms with Crippen LogP contribution >= 0.6 is 11.8 Å². The Morgan fingerprint density at radius 3 is 2.53 bits per heavy atom. The molecule has 156 valence electrons. The summed E-state index contributed by atoms with van der Waals surface area (Å²) in [6, 6.07) is 10.0. The number of thioether (sulfide) groups is 1. The molecule has 0 saturated carbocycles. The second-order valence-corrected chi connectivity index (χ2v) is 8.03. The Bertz CT molecular complexity index is 905. The highest BCUT2D eigenvalue weighted by Gasteiger charge is 2.23. The van der Waals surface area contributed by atoms with E-state index in [-0.39, 0.29) is 11.7 Å². The van der Waals surface area contributed by atoms with Crippen molar-refractivity contribution in [2.45, 2.75) is 5.03 Å². The van der Waals surface area contributed by atoms with Crippen molar-refractivity contribution in [1.82, 2.24) is 14.9 Å². The first-order valence-electron chi connectivity index (χ1n) is 10.0. The predicted octanol–water partition coefficient (Wildman–Crippen LogP) is 1.63. The smallest absolute Gasteiger partial charge is 0.233 e. The Balaban J connectivity index is 1.35. The lowest BCUT2D eigenvalue weighted by molar-refractivity contribution is -0.128. The molecule has 0 N–H and O–H groups in total. The Labute approximate surface area is 180 Å². The molecule has 2 aromatic heterocycles. The highest BCUT2D eigenvalue weighted by atomic mass is 32.2. The molecule has 0 aromatic carbocycles. The summed E-state index contributed by atoms with van der Waals surface area (Å²) in [6.07, 6.45) is 3.50. The van der Waals surface area contributed by atoms with E-state index in [4.69, 9.17) is 4.74 Å². The Morgan fingerprint density at radius 2 is 1.83 bits per heavy atom. The highest BCUT2D eigenvalue weighted by molar-refractivity contribution is 8.00. The molecule has 2 aromatic rings. The monoisotopic (exact) mass is 424 g/mol. The Hall–Kier alpha value is -2.83. The lowest BCUT2D eigenvalue weighted by atomic mass is 10.2. The van der Waals surface area contributed by atoms with E-state index in [1.165, 1.54) is 11.8 Å². The van der Waals surface area contributed by atoms with Gasteiger partial charge in [0.1, 0.15) is 22.5 Å². The zero-order valence-electron chi connectivity index (χ0n) is 16.7. The summed E-state index contributed by atoms with van der Waals surface area (Å²) in [7, 11) is 0. The van der Waals surface area contributed by atoms with Crippen LogP contribution in [0.1, 0.15) is 5.56 Å². The number of ether oxygens (including phenoxy) is 1. The molecule has 2 aliphatic heterocycles. The number of morpholine rings is 1. The standard InChI is InChI=1S/C21H24N6O2S/c22-15-17-18(25-11-13-29-14-12-25)4-6-24-21(17)30-16-20(28)27-9-7-26(8-10-27)19-3-1-2-5-23-19/h1-6H,7-14,16H2. The second-order valence-electron chi connectivity index (χ2n) is 7.07. The van der Waals surface area contributed by atoms with Gasteiger partial charge in [-0.2, -0.15) is 5.26 Å². The van der Waals surface area contributed by atoms with Gasteiger partial charge in [0, 0.05) is 51.7 Å². The van der Waals surface area contributed by atoms with Gasteiger partial charge in [0.2, 0.25) is 5.91 Å². The van der Waals surface area contributed by atoms with Gasteiger partial charge in [-0.25, -0.2) is 9.97 Å². The third kappa shape index (κ3) is 4.66. The quantitative estimate of drug-likeness (QED) is 0.670. The van der Waals surface area contributed by atoms with Crippen molar-refractivity contribution in [2.75, 3.05) is 68.0 Å². The van der Waals surface area contributed by atoms with Crippen molar-refractivity contribution < 1.29 is 9.53 Å². The third-order valence-electron chi connectivity index (χ3n) is 5.30. The van der Waals surface area contributed by atoms with E-state index in [2.05, 4.69) is 25.8 Å². The Kier molecular flexibility index (Phi) is 6.67. The van der Waals surface area contributed by atoms with E-state index in [1.807, 2.05) is 29.2 Å². The van der Waals surface area contributed by atoms with Crippen molar-refractivity contribution in [3.8, 4) is 6.07 Å². The van der Waals surface area contributed by atoms with Gasteiger partial charge in [-0.3, -0.25) is 4.79 Å². The lowest BCUT2D eigenvalue weighted by Crippen LogP contribution is -2.49. The highest BCUT2D eigenvalue weighted by Crippen LogP contribution is 2.29. The zero-order valence-corrected chi connectivity index (χ0v) is 17.6. The van der Waals surface area contributed by atoms with Gasteiger partial charge in [0.05, 0.1) is 24.7 Å². The van der Waals surface area contributed by atoms with E-state index in [9.17, 15) is 10.1 Å². The molecule has 0 atom stereocenters. The molecule has 4 rings (SSSR count). The normalized spacial score (nSPS) is 17.0. The third-order valence-corrected chi connectivity index (χ3v) is 6.27. The lowest BCUT2D eigenvalue weighted by Gasteiger charge is -2.35. The van der Waals surface area contributed by atoms with Gasteiger partial charge < -0.3 is 19.4 Å². The maximum atomic E-state index is 12.7. The number of carbonyl (C=O) groups is 1. The van der Waals surface area contributed by atoms with Gasteiger partial charge >= 0.3 is 0 Å². The van der Waals surface area contributed by atoms with Crippen molar-refractivity contribution in [2.24, 2.45) is 0 Å². The first-order valence-corrected chi connectivity index (χ1v) is 11.0. The molecule has 30 heavy (non-hydrogen) atoms. The molecule has 8 nitrogen and oxygen atoms in total. The summed E-state index contributed by atoms with van der Waals surface area (Å²) in [5, 5.41) is 10.3. The molecule has 0 bridgehead atoms. The van der Waals surface area contributed by atoms with Crippen LogP contribution in [0.5, 0.6) is 0 Å². The maximum Gasteiger partial charge on any atom is 0.233 e. The van der Waals surface area contributed by atoms with Crippen LogP contribution in [0.25, 0.3) is 0 Å². The number of aromatic nitrogens is 2. The van der Waals surface area contributed by atoms with Crippen molar-refractivity contribution in [1.29, 1.82) is 5.26 Å². The first-order chi connectivity index (χ1) is 14.8. The number of nitriles is 1. The van der Waals surface area contributed by atoms with E-state index < -0.39 is 0 Å². The zero-order chi connectivity index (χ0) is 20.8. The fourth-order valence-electron chi connectivity index (χ4n) is 3.66. The largest absolute Gasteiger partial charge is 0.378 e. The van der Waals surface area contributed by atoms with E-state index in [1.54, 1.807) is 12.4 Å². The molecular weight excluding hydrogens is 400 g/mol. The minimum atomic E-state index is 0.0723. The number of hydrogen-bond donors (Lipinski definition) is 0. The average Bonchev–Trinajstić information content (AvgIpc) is 2.83. The number of anilines is 2. The summed E-state index contributed by atoms with van der Waals surface area (Å²) in [5.41, 5.74) is 1.41. The van der Waals surface area contributed by atoms with Gasteiger partial charge in [0.25, 0.3) is 0 Å². The van der Waals surface area contributed by atoms with Crippen molar-refractivity contribution in [3.63, 3.8) is 0 Å². The van der Waals surface area contributed by atoms with E-state index in [0.717, 1.165) is 37.7 Å². The van der Waals surface area contributed by atoms with Gasteiger partial charge in [-0.15, -0.1) is 0 Å². The number of nitrogens with zero attached hydrogens (tertiary/aromatic N) is 6. The fraction of sp³-hybridized carbons (Fsp3) is 0.429. The summed E-state index contributed by atoms with van der Waals surface area (Å²) in [4.78, 5) is 27.7. The maximum absolute atomic E-state index is 12.7. The van der Waals surface area contributed by atoms with E-state index in [0.29, 0.717) is 36.9 Å². The van der Waals surface area contributed by atoms with Crippen LogP contribution in [0.4, 0.5) is 11.5 Å². The summed E-state index contributed by atoms with van der Waals surface area (Å²) >= 11 is 1.34. The minimum Gasteiger partial charge on any atom is -0.378 e. The Morgan fingerprint density at radius 1 is 1.03 bits per heavy atom. The number of hydrogen-bond acceptors (Lipinski definition) is 8. The molecule has 4 heterocycles. The second kappa shape index (κ2) is 9.78. The molecule has 9 heteroatoms. The molecule has 0 unspecified atom stereocenters. The minimum absolute atomic E-state index is 0.0723. The number of piperazine rings is 1. The predicted molar refractivity (Wildman–Crippen MR) is 116 cm³/mol. The number of rotatable bonds is 5. The molecule has 0 spiro atoms. The van der Waals surface area contributed by atoms with Crippen LogP contribution in [0.15, 0.2) is 41.7 Å². The molecule has 2 aliphatic rings. The van der Waals surface area contributed by atoms with Crippen molar-refractivity contribution >= 4 is 29.2 Å². The van der Waals surface area contributed by atoms with Crippen LogP contribution in [-0.4, -0.2) is 79.0 Å². The topological polar surface area (TPSA) is 85.6 Å². The van der Waals surface area contributed by atoms with Crippen LogP contribution in [0.3, 0.4) is 0 Å². The van der Waals surface area contributed by atoms with Crippen LogP contribution < -0.4 is 9.80 Å². The summed E-state index contributed by atoms with van der Waals surface area (Å²) < 4.78 is 5.40. The van der Waals surface area contributed by atoms with Gasteiger partial charge in [0.15, 0.2) is 0 Å². The summed E-state index contributed by atoms with van der Waals surface area (Å²) in [6.45, 7) is 5.68. The SMILES string of the molecule is N#Cc1c(N2CCOCC2)ccnc1SCC(=O)N1CCN(c2ccccn2)CC1. The fourth-order valence-corrected chi connectivity index (χ4v) is 4.54. The summed E-state index contributed by atoms with van der Waals surface area (Å²) in [5.74, 6) is 1.29. The van der Waals surface area contributed by atoms with Crippen LogP contribution in [0, 0.1) is 11.3 Å². The molecular formula is C21H24N6O2S. The molecule has 2 saturated heterocycles. The molecule has 2 fully saturated rings. The first kappa shape index (κ1) is 20.4. The number of pyridine rings is 2. The van der Waals surface area contributed by atoms with Gasteiger partial charge in [-0.05, 0) is 18.2 Å². The molecule has 0 radical (unpaired) electrons. The molecule has 1 amide bonds. The van der Waals surface area contributed by atoms with Crippen LogP contribution in [0.2, 0.25) is 0 Å². The van der Waals surface area contributed by atoms with Crippen molar-refractivity contribution in [3.05, 3.63) is 42.2 Å². The molecule has 0 aliphatic carbocycles. The van der Waals surface area contributed by atoms with Gasteiger partial charge in [-0.1, -0.05) is 17.8 Å². The number of amides is 1. The van der Waals surface area contributed by atoms with Crippen LogP contribution in [-0.2, 0) is 9.53 Å². The average molecular weight is 425 g/mol. The van der Waals surface area contributed by atoms with E-state index >= 15 is 0 Å².